The third kappa shape index (κ3) is 4.34. The van der Waals surface area contributed by atoms with Gasteiger partial charge in [0.05, 0.1) is 6.61 Å². The Balaban J connectivity index is 2.26. The van der Waals surface area contributed by atoms with Crippen molar-refractivity contribution in [1.29, 1.82) is 0 Å². The van der Waals surface area contributed by atoms with Gasteiger partial charge in [-0.2, -0.15) is 0 Å². The number of piperidine rings is 1. The molecule has 0 bridgehead atoms. The Bertz CT molecular complexity index is 528. The van der Waals surface area contributed by atoms with E-state index >= 15 is 0 Å². The maximum absolute atomic E-state index is 11.5. The molecule has 1 aliphatic heterocycles. The van der Waals surface area contributed by atoms with E-state index < -0.39 is 0 Å². The number of carbonyl (C=O) groups excluding carboxylic acids is 1. The highest BCUT2D eigenvalue weighted by Gasteiger charge is 2.20. The average molecular weight is 352 g/mol. The molecule has 0 aromatic heterocycles. The fourth-order valence-corrected chi connectivity index (χ4v) is 3.10. The minimum atomic E-state index is -0.296. The molecule has 114 valence electrons. The van der Waals surface area contributed by atoms with Gasteiger partial charge in [-0.3, -0.25) is 0 Å². The highest BCUT2D eigenvalue weighted by Crippen LogP contribution is 2.30. The number of carbonyl (C=O) groups is 1. The van der Waals surface area contributed by atoms with Crippen molar-refractivity contribution in [2.24, 2.45) is 0 Å². The molecule has 4 heteroatoms. The molecule has 0 saturated carbocycles. The summed E-state index contributed by atoms with van der Waals surface area (Å²) in [6.07, 6.45) is 7.09. The minimum Gasteiger partial charge on any atom is -0.463 e. The third-order valence-corrected chi connectivity index (χ3v) is 4.28. The second kappa shape index (κ2) is 7.64. The van der Waals surface area contributed by atoms with Crippen molar-refractivity contribution < 1.29 is 9.53 Å². The first-order valence-corrected chi connectivity index (χ1v) is 8.32. The fraction of sp³-hybridized carbons (Fsp3) is 0.471. The molecule has 1 saturated heterocycles. The SMILES string of the molecule is CCOC(=O)C=Cc1cc(Br)ccc1N1CCCCC1C. The van der Waals surface area contributed by atoms with E-state index in [9.17, 15) is 4.79 Å². The van der Waals surface area contributed by atoms with Crippen LogP contribution >= 0.6 is 15.9 Å². The normalized spacial score (nSPS) is 19.0. The maximum Gasteiger partial charge on any atom is 0.330 e. The number of hydrogen-bond donors (Lipinski definition) is 0. The Hall–Kier alpha value is -1.29. The number of hydrogen-bond acceptors (Lipinski definition) is 3. The van der Waals surface area contributed by atoms with Gasteiger partial charge in [0.15, 0.2) is 0 Å². The molecular formula is C17H22BrNO2. The lowest BCUT2D eigenvalue weighted by atomic mass is 10.0. The van der Waals surface area contributed by atoms with Crippen molar-refractivity contribution in [3.63, 3.8) is 0 Å². The summed E-state index contributed by atoms with van der Waals surface area (Å²) < 4.78 is 5.96. The van der Waals surface area contributed by atoms with Gasteiger partial charge >= 0.3 is 5.97 Å². The van der Waals surface area contributed by atoms with Crippen LogP contribution in [0.5, 0.6) is 0 Å². The number of nitrogens with zero attached hydrogens (tertiary/aromatic N) is 1. The second-order valence-electron chi connectivity index (χ2n) is 5.33. The predicted molar refractivity (Wildman–Crippen MR) is 90.5 cm³/mol. The van der Waals surface area contributed by atoms with Crippen LogP contribution in [0.25, 0.3) is 6.08 Å². The number of halogens is 1. The van der Waals surface area contributed by atoms with Crippen LogP contribution in [0.15, 0.2) is 28.7 Å². The maximum atomic E-state index is 11.5. The molecule has 0 aliphatic carbocycles. The van der Waals surface area contributed by atoms with Gasteiger partial charge in [0.2, 0.25) is 0 Å². The summed E-state index contributed by atoms with van der Waals surface area (Å²) in [5, 5.41) is 0. The van der Waals surface area contributed by atoms with E-state index in [-0.39, 0.29) is 5.97 Å². The lowest BCUT2D eigenvalue weighted by Crippen LogP contribution is -2.37. The predicted octanol–water partition coefficient (Wildman–Crippen LogP) is 4.40. The van der Waals surface area contributed by atoms with Gasteiger partial charge in [-0.1, -0.05) is 15.9 Å². The van der Waals surface area contributed by atoms with Crippen LogP contribution in [0.2, 0.25) is 0 Å². The summed E-state index contributed by atoms with van der Waals surface area (Å²) in [6, 6.07) is 6.76. The third-order valence-electron chi connectivity index (χ3n) is 3.79. The largest absolute Gasteiger partial charge is 0.463 e. The second-order valence-corrected chi connectivity index (χ2v) is 6.24. The number of esters is 1. The molecule has 1 atom stereocenters. The van der Waals surface area contributed by atoms with Crippen molar-refractivity contribution in [3.8, 4) is 0 Å². The van der Waals surface area contributed by atoms with E-state index in [0.29, 0.717) is 12.6 Å². The molecule has 2 rings (SSSR count). The van der Waals surface area contributed by atoms with Crippen molar-refractivity contribution >= 4 is 33.7 Å². The summed E-state index contributed by atoms with van der Waals surface area (Å²) in [6.45, 7) is 5.55. The lowest BCUT2D eigenvalue weighted by molar-refractivity contribution is -0.137. The molecular weight excluding hydrogens is 330 g/mol. The van der Waals surface area contributed by atoms with Crippen LogP contribution in [0.3, 0.4) is 0 Å². The highest BCUT2D eigenvalue weighted by atomic mass is 79.9. The molecule has 1 aromatic carbocycles. The van der Waals surface area contributed by atoms with Gasteiger partial charge in [0.25, 0.3) is 0 Å². The zero-order chi connectivity index (χ0) is 15.2. The molecule has 0 spiro atoms. The van der Waals surface area contributed by atoms with E-state index in [4.69, 9.17) is 4.74 Å². The first kappa shape index (κ1) is 16.1. The van der Waals surface area contributed by atoms with E-state index in [0.717, 1.165) is 16.6 Å². The summed E-state index contributed by atoms with van der Waals surface area (Å²) in [4.78, 5) is 14.0. The molecule has 1 unspecified atom stereocenters. The molecule has 1 heterocycles. The van der Waals surface area contributed by atoms with Crippen LogP contribution in [-0.2, 0) is 9.53 Å². The Labute approximate surface area is 135 Å². The first-order valence-electron chi connectivity index (χ1n) is 7.53. The van der Waals surface area contributed by atoms with Crippen LogP contribution in [0, 0.1) is 0 Å². The van der Waals surface area contributed by atoms with Gasteiger partial charge in [-0.05, 0) is 62.9 Å². The smallest absolute Gasteiger partial charge is 0.330 e. The zero-order valence-electron chi connectivity index (χ0n) is 12.6. The molecule has 0 N–H and O–H groups in total. The van der Waals surface area contributed by atoms with Gasteiger partial charge < -0.3 is 9.64 Å². The van der Waals surface area contributed by atoms with Crippen LogP contribution in [0.4, 0.5) is 5.69 Å². The monoisotopic (exact) mass is 351 g/mol. The molecule has 3 nitrogen and oxygen atoms in total. The fourth-order valence-electron chi connectivity index (χ4n) is 2.72. The van der Waals surface area contributed by atoms with Gasteiger partial charge in [0.1, 0.15) is 0 Å². The quantitative estimate of drug-likeness (QED) is 0.594. The average Bonchev–Trinajstić information content (AvgIpc) is 2.46. The van der Waals surface area contributed by atoms with Crippen LogP contribution in [0.1, 0.15) is 38.7 Å². The first-order chi connectivity index (χ1) is 10.1. The van der Waals surface area contributed by atoms with E-state index in [2.05, 4.69) is 39.9 Å². The lowest BCUT2D eigenvalue weighted by Gasteiger charge is -2.36. The molecule has 21 heavy (non-hydrogen) atoms. The van der Waals surface area contributed by atoms with Gasteiger partial charge in [-0.25, -0.2) is 4.79 Å². The van der Waals surface area contributed by atoms with Gasteiger partial charge in [0, 0.05) is 28.8 Å². The Morgan fingerprint density at radius 3 is 3.00 bits per heavy atom. The van der Waals surface area contributed by atoms with Crippen molar-refractivity contribution in [3.05, 3.63) is 34.3 Å². The number of benzene rings is 1. The Morgan fingerprint density at radius 2 is 2.29 bits per heavy atom. The van der Waals surface area contributed by atoms with Gasteiger partial charge in [-0.15, -0.1) is 0 Å². The Morgan fingerprint density at radius 1 is 1.48 bits per heavy atom. The van der Waals surface area contributed by atoms with Crippen LogP contribution in [-0.4, -0.2) is 25.2 Å². The van der Waals surface area contributed by atoms with E-state index in [1.54, 1.807) is 0 Å². The molecule has 1 fully saturated rings. The minimum absolute atomic E-state index is 0.296. The van der Waals surface area contributed by atoms with Crippen LogP contribution < -0.4 is 4.90 Å². The summed E-state index contributed by atoms with van der Waals surface area (Å²) >= 11 is 3.50. The molecule has 1 aromatic rings. The van der Waals surface area contributed by atoms with E-state index in [1.807, 2.05) is 19.1 Å². The number of ether oxygens (including phenoxy) is 1. The summed E-state index contributed by atoms with van der Waals surface area (Å²) in [7, 11) is 0. The topological polar surface area (TPSA) is 29.5 Å². The highest BCUT2D eigenvalue weighted by molar-refractivity contribution is 9.10. The number of anilines is 1. The molecule has 0 radical (unpaired) electrons. The molecule has 0 amide bonds. The molecule has 1 aliphatic rings. The zero-order valence-corrected chi connectivity index (χ0v) is 14.2. The van der Waals surface area contributed by atoms with Crippen molar-refractivity contribution in [2.75, 3.05) is 18.1 Å². The van der Waals surface area contributed by atoms with Crippen molar-refractivity contribution in [2.45, 2.75) is 39.2 Å². The number of rotatable bonds is 4. The van der Waals surface area contributed by atoms with Crippen molar-refractivity contribution in [1.82, 2.24) is 0 Å². The summed E-state index contributed by atoms with van der Waals surface area (Å²) in [5.74, 6) is -0.296. The Kier molecular flexibility index (Phi) is 5.85. The van der Waals surface area contributed by atoms with E-state index in [1.165, 1.54) is 31.0 Å². The summed E-state index contributed by atoms with van der Waals surface area (Å²) in [5.41, 5.74) is 2.23. The standard InChI is InChI=1S/C17H22BrNO2/c1-3-21-17(20)10-7-14-12-15(18)8-9-16(14)19-11-5-4-6-13(19)2/h7-10,12-13H,3-6,11H2,1-2H3.